The van der Waals surface area contributed by atoms with E-state index in [-0.39, 0.29) is 0 Å². The van der Waals surface area contributed by atoms with Crippen LogP contribution in [-0.2, 0) is 6.42 Å². The Kier molecular flexibility index (Phi) is 4.96. The number of nitrogens with zero attached hydrogens (tertiary/aromatic N) is 1. The van der Waals surface area contributed by atoms with Gasteiger partial charge in [0.05, 0.1) is 5.69 Å². The van der Waals surface area contributed by atoms with Crippen LogP contribution in [0, 0.1) is 0 Å². The van der Waals surface area contributed by atoms with Crippen LogP contribution in [0.4, 0.5) is 5.69 Å². The lowest BCUT2D eigenvalue weighted by atomic mass is 10.1. The molecule has 100 valence electrons. The van der Waals surface area contributed by atoms with E-state index in [4.69, 9.17) is 0 Å². The zero-order valence-corrected chi connectivity index (χ0v) is 11.8. The summed E-state index contributed by atoms with van der Waals surface area (Å²) in [5.74, 6) is 0. The zero-order valence-electron chi connectivity index (χ0n) is 11.8. The Labute approximate surface area is 115 Å². The van der Waals surface area contributed by atoms with Gasteiger partial charge in [0.1, 0.15) is 0 Å². The van der Waals surface area contributed by atoms with Gasteiger partial charge in [0.15, 0.2) is 0 Å². The maximum absolute atomic E-state index is 4.45. The van der Waals surface area contributed by atoms with Crippen LogP contribution in [0.15, 0.2) is 42.6 Å². The topological polar surface area (TPSA) is 24.9 Å². The second-order valence-corrected chi connectivity index (χ2v) is 4.80. The average molecular weight is 254 g/mol. The monoisotopic (exact) mass is 254 g/mol. The van der Waals surface area contributed by atoms with Gasteiger partial charge in [-0.3, -0.25) is 4.98 Å². The molecule has 0 aliphatic rings. The molecule has 19 heavy (non-hydrogen) atoms. The van der Waals surface area contributed by atoms with Crippen molar-refractivity contribution in [3.05, 3.63) is 48.2 Å². The molecule has 2 heteroatoms. The molecule has 0 bridgehead atoms. The molecular weight excluding hydrogens is 232 g/mol. The number of anilines is 1. The Balaban J connectivity index is 2.16. The molecule has 2 nitrogen and oxygen atoms in total. The van der Waals surface area contributed by atoms with Crippen molar-refractivity contribution in [1.29, 1.82) is 0 Å². The molecule has 1 aromatic heterocycles. The van der Waals surface area contributed by atoms with Crippen molar-refractivity contribution < 1.29 is 0 Å². The van der Waals surface area contributed by atoms with Crippen LogP contribution in [-0.4, -0.2) is 11.5 Å². The summed E-state index contributed by atoms with van der Waals surface area (Å²) < 4.78 is 0. The van der Waals surface area contributed by atoms with Gasteiger partial charge in [0.25, 0.3) is 0 Å². The molecule has 0 atom stereocenters. The van der Waals surface area contributed by atoms with E-state index in [1.807, 2.05) is 12.3 Å². The van der Waals surface area contributed by atoms with Gasteiger partial charge in [0.2, 0.25) is 0 Å². The summed E-state index contributed by atoms with van der Waals surface area (Å²) in [6.07, 6.45) is 5.33. The molecule has 0 aliphatic heterocycles. The molecular formula is C17H22N2. The largest absolute Gasteiger partial charge is 0.385 e. The second-order valence-electron chi connectivity index (χ2n) is 4.80. The molecule has 0 amide bonds. The number of aromatic nitrogens is 1. The molecule has 0 unspecified atom stereocenters. The fourth-order valence-corrected chi connectivity index (χ4v) is 2.10. The highest BCUT2D eigenvalue weighted by atomic mass is 14.9. The molecule has 1 aromatic carbocycles. The van der Waals surface area contributed by atoms with Crippen LogP contribution in [0.3, 0.4) is 0 Å². The third kappa shape index (κ3) is 3.82. The van der Waals surface area contributed by atoms with Crippen molar-refractivity contribution in [2.24, 2.45) is 0 Å². The summed E-state index contributed by atoms with van der Waals surface area (Å²) in [4.78, 5) is 4.45. The number of rotatable bonds is 6. The standard InChI is InChI=1S/C17H22N2/c1-3-5-14-6-8-15(9-7-14)17-13-16(10-12-19-17)18-11-4-2/h6-10,12-13H,3-5,11H2,1-2H3,(H,18,19). The summed E-state index contributed by atoms with van der Waals surface area (Å²) in [7, 11) is 0. The molecule has 0 aliphatic carbocycles. The van der Waals surface area contributed by atoms with Crippen molar-refractivity contribution in [2.45, 2.75) is 33.1 Å². The molecule has 1 heterocycles. The van der Waals surface area contributed by atoms with E-state index in [0.717, 1.165) is 30.8 Å². The number of pyridine rings is 1. The van der Waals surface area contributed by atoms with Crippen molar-refractivity contribution in [1.82, 2.24) is 4.98 Å². The highest BCUT2D eigenvalue weighted by molar-refractivity contribution is 5.64. The predicted molar refractivity (Wildman–Crippen MR) is 82.4 cm³/mol. The van der Waals surface area contributed by atoms with Gasteiger partial charge < -0.3 is 5.32 Å². The van der Waals surface area contributed by atoms with E-state index in [9.17, 15) is 0 Å². The summed E-state index contributed by atoms with van der Waals surface area (Å²) in [5.41, 5.74) is 4.75. The molecule has 0 saturated heterocycles. The summed E-state index contributed by atoms with van der Waals surface area (Å²) in [6.45, 7) is 5.37. The minimum Gasteiger partial charge on any atom is -0.385 e. The van der Waals surface area contributed by atoms with Gasteiger partial charge in [-0.15, -0.1) is 0 Å². The maximum Gasteiger partial charge on any atom is 0.0722 e. The Morgan fingerprint density at radius 1 is 1.00 bits per heavy atom. The zero-order chi connectivity index (χ0) is 13.5. The first kappa shape index (κ1) is 13.6. The lowest BCUT2D eigenvalue weighted by Gasteiger charge is -2.07. The first-order valence-corrected chi connectivity index (χ1v) is 7.12. The molecule has 2 aromatic rings. The fraction of sp³-hybridized carbons (Fsp3) is 0.353. The first-order chi connectivity index (χ1) is 9.33. The van der Waals surface area contributed by atoms with Crippen LogP contribution in [0.25, 0.3) is 11.3 Å². The van der Waals surface area contributed by atoms with Gasteiger partial charge in [-0.2, -0.15) is 0 Å². The minimum atomic E-state index is 0.999. The number of benzene rings is 1. The molecule has 0 fully saturated rings. The second kappa shape index (κ2) is 6.93. The van der Waals surface area contributed by atoms with E-state index in [0.29, 0.717) is 0 Å². The Hall–Kier alpha value is -1.83. The Morgan fingerprint density at radius 3 is 2.47 bits per heavy atom. The van der Waals surface area contributed by atoms with E-state index in [1.165, 1.54) is 17.5 Å². The highest BCUT2D eigenvalue weighted by Gasteiger charge is 2.01. The van der Waals surface area contributed by atoms with Crippen LogP contribution < -0.4 is 5.32 Å². The normalized spacial score (nSPS) is 10.4. The highest BCUT2D eigenvalue weighted by Crippen LogP contribution is 2.21. The van der Waals surface area contributed by atoms with Crippen LogP contribution in [0.2, 0.25) is 0 Å². The lowest BCUT2D eigenvalue weighted by molar-refractivity contribution is 0.922. The van der Waals surface area contributed by atoms with Crippen molar-refractivity contribution in [3.8, 4) is 11.3 Å². The van der Waals surface area contributed by atoms with Gasteiger partial charge in [-0.25, -0.2) is 0 Å². The third-order valence-electron chi connectivity index (χ3n) is 3.13. The minimum absolute atomic E-state index is 0.999. The van der Waals surface area contributed by atoms with E-state index < -0.39 is 0 Å². The number of aryl methyl sites for hydroxylation is 1. The molecule has 1 N–H and O–H groups in total. The number of nitrogens with one attached hydrogen (secondary N) is 1. The fourth-order valence-electron chi connectivity index (χ4n) is 2.10. The molecule has 2 rings (SSSR count). The summed E-state index contributed by atoms with van der Waals surface area (Å²) in [6, 6.07) is 12.9. The van der Waals surface area contributed by atoms with E-state index in [1.54, 1.807) is 0 Å². The number of hydrogen-bond acceptors (Lipinski definition) is 2. The van der Waals surface area contributed by atoms with Gasteiger partial charge in [-0.1, -0.05) is 44.5 Å². The summed E-state index contributed by atoms with van der Waals surface area (Å²) in [5, 5.41) is 3.40. The molecule has 0 radical (unpaired) electrons. The Bertz CT molecular complexity index is 503. The quantitative estimate of drug-likeness (QED) is 0.819. The van der Waals surface area contributed by atoms with Gasteiger partial charge in [0, 0.05) is 24.0 Å². The maximum atomic E-state index is 4.45. The van der Waals surface area contributed by atoms with Gasteiger partial charge >= 0.3 is 0 Å². The molecule has 0 saturated carbocycles. The number of hydrogen-bond donors (Lipinski definition) is 1. The van der Waals surface area contributed by atoms with E-state index in [2.05, 4.69) is 54.5 Å². The average Bonchev–Trinajstić information content (AvgIpc) is 2.46. The van der Waals surface area contributed by atoms with Crippen molar-refractivity contribution in [3.63, 3.8) is 0 Å². The van der Waals surface area contributed by atoms with Gasteiger partial charge in [-0.05, 0) is 30.5 Å². The van der Waals surface area contributed by atoms with Crippen molar-refractivity contribution >= 4 is 5.69 Å². The SMILES string of the molecule is CCCNc1ccnc(-c2ccc(CCC)cc2)c1. The van der Waals surface area contributed by atoms with Crippen LogP contribution >= 0.6 is 0 Å². The first-order valence-electron chi connectivity index (χ1n) is 7.12. The predicted octanol–water partition coefficient (Wildman–Crippen LogP) is 4.52. The third-order valence-corrected chi connectivity index (χ3v) is 3.13. The molecule has 0 spiro atoms. The summed E-state index contributed by atoms with van der Waals surface area (Å²) >= 11 is 0. The van der Waals surface area contributed by atoms with Crippen LogP contribution in [0.1, 0.15) is 32.3 Å². The smallest absolute Gasteiger partial charge is 0.0722 e. The van der Waals surface area contributed by atoms with E-state index >= 15 is 0 Å². The Morgan fingerprint density at radius 2 is 1.79 bits per heavy atom. The van der Waals surface area contributed by atoms with Crippen molar-refractivity contribution in [2.75, 3.05) is 11.9 Å². The van der Waals surface area contributed by atoms with Crippen LogP contribution in [0.5, 0.6) is 0 Å². The lowest BCUT2D eigenvalue weighted by Crippen LogP contribution is -1.99.